The number of carbonyl (C=O) groups is 1. The Morgan fingerprint density at radius 2 is 1.96 bits per heavy atom. The fraction of sp³-hybridized carbons (Fsp3) is 0. The molecule has 2 heterocycles. The molecule has 0 fully saturated rings. The van der Waals surface area contributed by atoms with Gasteiger partial charge >= 0.3 is 0 Å². The minimum Gasteiger partial charge on any atom is -0.353 e. The molecular weight excluding hydrogens is 353 g/mol. The van der Waals surface area contributed by atoms with Crippen molar-refractivity contribution in [3.63, 3.8) is 0 Å². The predicted molar refractivity (Wildman–Crippen MR) is 103 cm³/mol. The summed E-state index contributed by atoms with van der Waals surface area (Å²) < 4.78 is 13.1. The number of nitrogens with zero attached hydrogens (tertiary/aromatic N) is 1. The molecule has 0 atom stereocenters. The third-order valence-electron chi connectivity index (χ3n) is 4.00. The van der Waals surface area contributed by atoms with Gasteiger partial charge in [-0.15, -0.1) is 0 Å². The van der Waals surface area contributed by atoms with Crippen molar-refractivity contribution >= 4 is 51.1 Å². The molecule has 2 aromatic carbocycles. The number of aromatic amines is 1. The Balaban J connectivity index is 1.56. The van der Waals surface area contributed by atoms with Gasteiger partial charge in [0.25, 0.3) is 0 Å². The molecular formula is C20H13ClFN3O. The normalized spacial score (nSPS) is 11.5. The second kappa shape index (κ2) is 6.61. The molecule has 0 saturated carbocycles. The molecule has 1 amide bonds. The van der Waals surface area contributed by atoms with E-state index in [1.54, 1.807) is 12.3 Å². The quantitative estimate of drug-likeness (QED) is 0.493. The van der Waals surface area contributed by atoms with Gasteiger partial charge in [0.05, 0.1) is 22.4 Å². The molecule has 0 saturated heterocycles. The summed E-state index contributed by atoms with van der Waals surface area (Å²) >= 11 is 5.71. The Morgan fingerprint density at radius 1 is 1.12 bits per heavy atom. The molecule has 0 unspecified atom stereocenters. The monoisotopic (exact) mass is 365 g/mol. The number of halogens is 2. The van der Waals surface area contributed by atoms with Gasteiger partial charge in [0.1, 0.15) is 5.82 Å². The second-order valence-corrected chi connectivity index (χ2v) is 6.18. The van der Waals surface area contributed by atoms with E-state index in [2.05, 4.69) is 15.3 Å². The number of para-hydroxylation sites is 1. The SMILES string of the molecule is O=C(/C=C/c1cc2c(cn1)[nH]c1ccccc12)Nc1ccc(F)c(Cl)c1. The highest BCUT2D eigenvalue weighted by Crippen LogP contribution is 2.25. The van der Waals surface area contributed by atoms with Crippen LogP contribution in [0, 0.1) is 5.82 Å². The molecule has 128 valence electrons. The van der Waals surface area contributed by atoms with E-state index in [1.807, 2.05) is 30.3 Å². The molecule has 0 radical (unpaired) electrons. The van der Waals surface area contributed by atoms with Gasteiger partial charge in [-0.1, -0.05) is 29.8 Å². The lowest BCUT2D eigenvalue weighted by molar-refractivity contribution is -0.111. The molecule has 0 aliphatic heterocycles. The number of aromatic nitrogens is 2. The molecule has 6 heteroatoms. The lowest BCUT2D eigenvalue weighted by atomic mass is 10.1. The number of pyridine rings is 1. The molecule has 0 aliphatic rings. The van der Waals surface area contributed by atoms with Crippen molar-refractivity contribution in [1.82, 2.24) is 9.97 Å². The Kier molecular flexibility index (Phi) is 4.14. The average Bonchev–Trinajstić information content (AvgIpc) is 3.01. The van der Waals surface area contributed by atoms with Crippen LogP contribution in [0.3, 0.4) is 0 Å². The number of hydrogen-bond donors (Lipinski definition) is 2. The van der Waals surface area contributed by atoms with Gasteiger partial charge in [-0.05, 0) is 36.4 Å². The fourth-order valence-corrected chi connectivity index (χ4v) is 2.96. The maximum atomic E-state index is 13.1. The number of nitrogens with one attached hydrogen (secondary N) is 2. The molecule has 0 aliphatic carbocycles. The van der Waals surface area contributed by atoms with Crippen LogP contribution in [-0.4, -0.2) is 15.9 Å². The van der Waals surface area contributed by atoms with Crippen LogP contribution in [0.2, 0.25) is 5.02 Å². The van der Waals surface area contributed by atoms with Crippen LogP contribution in [0.25, 0.3) is 27.9 Å². The molecule has 4 rings (SSSR count). The first-order valence-corrected chi connectivity index (χ1v) is 8.28. The highest BCUT2D eigenvalue weighted by atomic mass is 35.5. The van der Waals surface area contributed by atoms with Gasteiger partial charge in [0.2, 0.25) is 5.91 Å². The first-order valence-electron chi connectivity index (χ1n) is 7.91. The van der Waals surface area contributed by atoms with Crippen molar-refractivity contribution in [2.45, 2.75) is 0 Å². The van der Waals surface area contributed by atoms with E-state index in [-0.39, 0.29) is 10.9 Å². The van der Waals surface area contributed by atoms with Gasteiger partial charge in [-0.2, -0.15) is 0 Å². The van der Waals surface area contributed by atoms with Crippen molar-refractivity contribution in [2.75, 3.05) is 5.32 Å². The molecule has 2 N–H and O–H groups in total. The predicted octanol–water partition coefficient (Wildman–Crippen LogP) is 5.16. The molecule has 2 aromatic heterocycles. The zero-order chi connectivity index (χ0) is 18.1. The largest absolute Gasteiger partial charge is 0.353 e. The van der Waals surface area contributed by atoms with Crippen molar-refractivity contribution < 1.29 is 9.18 Å². The molecule has 0 spiro atoms. The minimum atomic E-state index is -0.531. The van der Waals surface area contributed by atoms with Gasteiger partial charge in [0, 0.05) is 28.1 Å². The summed E-state index contributed by atoms with van der Waals surface area (Å²) in [6.07, 6.45) is 4.74. The van der Waals surface area contributed by atoms with E-state index < -0.39 is 5.82 Å². The zero-order valence-electron chi connectivity index (χ0n) is 13.5. The fourth-order valence-electron chi connectivity index (χ4n) is 2.78. The lowest BCUT2D eigenvalue weighted by Crippen LogP contribution is -2.07. The number of amides is 1. The van der Waals surface area contributed by atoms with Crippen LogP contribution in [-0.2, 0) is 4.79 Å². The number of anilines is 1. The summed E-state index contributed by atoms with van der Waals surface area (Å²) in [5, 5.41) is 4.73. The Morgan fingerprint density at radius 3 is 2.81 bits per heavy atom. The number of rotatable bonds is 3. The maximum absolute atomic E-state index is 13.1. The topological polar surface area (TPSA) is 57.8 Å². The van der Waals surface area contributed by atoms with E-state index in [1.165, 1.54) is 24.3 Å². The summed E-state index contributed by atoms with van der Waals surface area (Å²) in [6.45, 7) is 0. The van der Waals surface area contributed by atoms with Gasteiger partial charge < -0.3 is 10.3 Å². The maximum Gasteiger partial charge on any atom is 0.248 e. The van der Waals surface area contributed by atoms with E-state index in [4.69, 9.17) is 11.6 Å². The first kappa shape index (κ1) is 16.3. The van der Waals surface area contributed by atoms with E-state index in [9.17, 15) is 9.18 Å². The third kappa shape index (κ3) is 3.17. The number of hydrogen-bond acceptors (Lipinski definition) is 2. The molecule has 4 nitrogen and oxygen atoms in total. The average molecular weight is 366 g/mol. The highest BCUT2D eigenvalue weighted by molar-refractivity contribution is 6.31. The van der Waals surface area contributed by atoms with Gasteiger partial charge in [-0.3, -0.25) is 9.78 Å². The highest BCUT2D eigenvalue weighted by Gasteiger charge is 2.05. The molecule has 0 bridgehead atoms. The van der Waals surface area contributed by atoms with Crippen molar-refractivity contribution in [3.05, 3.63) is 77.3 Å². The molecule has 4 aromatic rings. The summed E-state index contributed by atoms with van der Waals surface area (Å²) in [6, 6.07) is 13.9. The molecule has 26 heavy (non-hydrogen) atoms. The van der Waals surface area contributed by atoms with Gasteiger partial charge in [0.15, 0.2) is 0 Å². The minimum absolute atomic E-state index is 0.0433. The Hall–Kier alpha value is -3.18. The standard InChI is InChI=1S/C20H13ClFN3O/c21-16-10-13(5-7-17(16)22)24-20(26)8-6-12-9-15-14-3-1-2-4-18(14)25-19(15)11-23-12/h1-11,25H,(H,24,26)/b8-6+. The van der Waals surface area contributed by atoms with E-state index in [0.29, 0.717) is 11.4 Å². The van der Waals surface area contributed by atoms with Crippen LogP contribution in [0.1, 0.15) is 5.69 Å². The van der Waals surface area contributed by atoms with E-state index >= 15 is 0 Å². The van der Waals surface area contributed by atoms with Crippen molar-refractivity contribution in [2.24, 2.45) is 0 Å². The van der Waals surface area contributed by atoms with Crippen LogP contribution in [0.4, 0.5) is 10.1 Å². The summed E-state index contributed by atoms with van der Waals surface area (Å²) in [7, 11) is 0. The van der Waals surface area contributed by atoms with Crippen molar-refractivity contribution in [3.8, 4) is 0 Å². The third-order valence-corrected chi connectivity index (χ3v) is 4.29. The summed E-state index contributed by atoms with van der Waals surface area (Å²) in [4.78, 5) is 19.7. The summed E-state index contributed by atoms with van der Waals surface area (Å²) in [5.41, 5.74) is 3.06. The number of fused-ring (bicyclic) bond motifs is 3. The van der Waals surface area contributed by atoms with Crippen LogP contribution in [0.5, 0.6) is 0 Å². The second-order valence-electron chi connectivity index (χ2n) is 5.78. The summed E-state index contributed by atoms with van der Waals surface area (Å²) in [5.74, 6) is -0.884. The smallest absolute Gasteiger partial charge is 0.248 e. The van der Waals surface area contributed by atoms with Crippen LogP contribution >= 0.6 is 11.6 Å². The van der Waals surface area contributed by atoms with Gasteiger partial charge in [-0.25, -0.2) is 4.39 Å². The van der Waals surface area contributed by atoms with Crippen LogP contribution < -0.4 is 5.32 Å². The number of carbonyl (C=O) groups excluding carboxylic acids is 1. The lowest BCUT2D eigenvalue weighted by Gasteiger charge is -2.03. The number of benzene rings is 2. The van der Waals surface area contributed by atoms with Crippen LogP contribution in [0.15, 0.2) is 60.8 Å². The first-order chi connectivity index (χ1) is 12.6. The Labute approximate surface area is 153 Å². The van der Waals surface area contributed by atoms with E-state index in [0.717, 1.165) is 21.8 Å². The zero-order valence-corrected chi connectivity index (χ0v) is 14.2. The van der Waals surface area contributed by atoms with Crippen molar-refractivity contribution in [1.29, 1.82) is 0 Å². The Bertz CT molecular complexity index is 1170. The number of H-pyrrole nitrogens is 1.